The van der Waals surface area contributed by atoms with Crippen molar-refractivity contribution in [3.63, 3.8) is 0 Å². The maximum Gasteiger partial charge on any atom is 0.418 e. The van der Waals surface area contributed by atoms with Crippen molar-refractivity contribution in [3.05, 3.63) is 58.1 Å². The molecule has 0 aliphatic heterocycles. The maximum absolute atomic E-state index is 13.0. The number of aromatic nitrogens is 2. The van der Waals surface area contributed by atoms with Gasteiger partial charge in [-0.2, -0.15) is 13.2 Å². The lowest BCUT2D eigenvalue weighted by atomic mass is 10.1. The van der Waals surface area contributed by atoms with E-state index in [0.717, 1.165) is 17.8 Å². The second-order valence-corrected chi connectivity index (χ2v) is 7.15. The van der Waals surface area contributed by atoms with Crippen LogP contribution in [-0.2, 0) is 11.0 Å². The summed E-state index contributed by atoms with van der Waals surface area (Å²) < 4.78 is 44.3. The number of nitrogens with one attached hydrogen (secondary N) is 1. The molecule has 146 valence electrons. The van der Waals surface area contributed by atoms with Crippen molar-refractivity contribution < 1.29 is 22.4 Å². The highest BCUT2D eigenvalue weighted by Gasteiger charge is 2.33. The number of amides is 1. The number of rotatable bonds is 5. The zero-order valence-corrected chi connectivity index (χ0v) is 16.1. The molecule has 0 atom stereocenters. The number of thioether (sulfide) groups is 1. The van der Waals surface area contributed by atoms with Gasteiger partial charge in [0.25, 0.3) is 5.22 Å². The molecule has 0 bridgehead atoms. The Morgan fingerprint density at radius 3 is 2.61 bits per heavy atom. The smallest absolute Gasteiger partial charge is 0.411 e. The lowest BCUT2D eigenvalue weighted by Crippen LogP contribution is -2.18. The summed E-state index contributed by atoms with van der Waals surface area (Å²) in [6.45, 7) is 0. The van der Waals surface area contributed by atoms with E-state index in [4.69, 9.17) is 27.6 Å². The molecule has 1 heterocycles. The molecule has 2 aromatic carbocycles. The molecule has 0 aliphatic carbocycles. The number of hydrogen-bond donors (Lipinski definition) is 1. The van der Waals surface area contributed by atoms with Crippen molar-refractivity contribution >= 4 is 46.6 Å². The Balaban J connectivity index is 1.64. The summed E-state index contributed by atoms with van der Waals surface area (Å²) in [6.07, 6.45) is -4.57. The molecule has 0 radical (unpaired) electrons. The number of carbonyl (C=O) groups is 1. The number of alkyl halides is 3. The lowest BCUT2D eigenvalue weighted by Gasteiger charge is -2.13. The van der Waals surface area contributed by atoms with Crippen molar-refractivity contribution in [2.75, 3.05) is 11.1 Å². The van der Waals surface area contributed by atoms with Crippen LogP contribution in [-0.4, -0.2) is 21.9 Å². The minimum Gasteiger partial charge on any atom is -0.411 e. The van der Waals surface area contributed by atoms with Gasteiger partial charge in [-0.05, 0) is 30.3 Å². The Kier molecular flexibility index (Phi) is 6.17. The Morgan fingerprint density at radius 2 is 1.89 bits per heavy atom. The van der Waals surface area contributed by atoms with Crippen molar-refractivity contribution in [1.29, 1.82) is 0 Å². The summed E-state index contributed by atoms with van der Waals surface area (Å²) >= 11 is 12.8. The molecule has 0 spiro atoms. The molecule has 11 heteroatoms. The quantitative estimate of drug-likeness (QED) is 0.501. The molecule has 0 saturated heterocycles. The van der Waals surface area contributed by atoms with Crippen LogP contribution >= 0.6 is 35.0 Å². The fraction of sp³-hybridized carbons (Fsp3) is 0.118. The predicted molar refractivity (Wildman–Crippen MR) is 101 cm³/mol. The minimum atomic E-state index is -4.57. The molecular weight excluding hydrogens is 438 g/mol. The van der Waals surface area contributed by atoms with E-state index in [2.05, 4.69) is 15.5 Å². The van der Waals surface area contributed by atoms with Gasteiger partial charge >= 0.3 is 6.18 Å². The molecule has 1 amide bonds. The number of hydrogen-bond acceptors (Lipinski definition) is 5. The van der Waals surface area contributed by atoms with E-state index in [1.165, 1.54) is 24.3 Å². The van der Waals surface area contributed by atoms with E-state index in [-0.39, 0.29) is 22.6 Å². The molecule has 5 nitrogen and oxygen atoms in total. The number of nitrogens with zero attached hydrogens (tertiary/aromatic N) is 2. The summed E-state index contributed by atoms with van der Waals surface area (Å²) in [5, 5.41) is 10.7. The number of para-hydroxylation sites is 1. The van der Waals surface area contributed by atoms with Crippen LogP contribution in [0, 0.1) is 0 Å². The van der Waals surface area contributed by atoms with Gasteiger partial charge in [0.2, 0.25) is 11.8 Å². The number of benzene rings is 2. The third-order valence-corrected chi connectivity index (χ3v) is 4.77. The summed E-state index contributed by atoms with van der Waals surface area (Å²) in [4.78, 5) is 12.0. The Bertz CT molecular complexity index is 1010. The van der Waals surface area contributed by atoms with Crippen LogP contribution in [0.1, 0.15) is 5.56 Å². The molecule has 1 N–H and O–H groups in total. The summed E-state index contributed by atoms with van der Waals surface area (Å²) in [6, 6.07) is 9.44. The van der Waals surface area contributed by atoms with Crippen LogP contribution in [0.25, 0.3) is 11.5 Å². The number of halogens is 5. The molecule has 0 saturated carbocycles. The van der Waals surface area contributed by atoms with Crippen LogP contribution in [0.15, 0.2) is 52.1 Å². The lowest BCUT2D eigenvalue weighted by molar-refractivity contribution is -0.137. The van der Waals surface area contributed by atoms with Gasteiger partial charge in [0.1, 0.15) is 0 Å². The van der Waals surface area contributed by atoms with Gasteiger partial charge in [0.15, 0.2) is 0 Å². The van der Waals surface area contributed by atoms with Crippen LogP contribution in [0.4, 0.5) is 18.9 Å². The fourth-order valence-electron chi connectivity index (χ4n) is 2.19. The summed E-state index contributed by atoms with van der Waals surface area (Å²) in [5.41, 5.74) is -0.778. The molecule has 1 aromatic heterocycles. The van der Waals surface area contributed by atoms with Gasteiger partial charge in [0.05, 0.1) is 27.6 Å². The third kappa shape index (κ3) is 4.98. The van der Waals surface area contributed by atoms with Crippen molar-refractivity contribution in [3.8, 4) is 11.5 Å². The zero-order chi connectivity index (χ0) is 20.3. The van der Waals surface area contributed by atoms with E-state index in [1.54, 1.807) is 12.1 Å². The largest absolute Gasteiger partial charge is 0.418 e. The molecule has 28 heavy (non-hydrogen) atoms. The van der Waals surface area contributed by atoms with Crippen LogP contribution < -0.4 is 5.32 Å². The summed E-state index contributed by atoms with van der Waals surface area (Å²) in [7, 11) is 0. The molecule has 3 aromatic rings. The highest BCUT2D eigenvalue weighted by Crippen LogP contribution is 2.35. The van der Waals surface area contributed by atoms with Crippen LogP contribution in [0.5, 0.6) is 0 Å². The highest BCUT2D eigenvalue weighted by atomic mass is 35.5. The molecule has 3 rings (SSSR count). The van der Waals surface area contributed by atoms with E-state index in [0.29, 0.717) is 15.6 Å². The van der Waals surface area contributed by atoms with Gasteiger partial charge in [-0.15, -0.1) is 10.2 Å². The van der Waals surface area contributed by atoms with Crippen LogP contribution in [0.2, 0.25) is 10.0 Å². The highest BCUT2D eigenvalue weighted by molar-refractivity contribution is 7.99. The van der Waals surface area contributed by atoms with Gasteiger partial charge in [-0.25, -0.2) is 0 Å². The van der Waals surface area contributed by atoms with Crippen molar-refractivity contribution in [2.24, 2.45) is 0 Å². The first-order valence-electron chi connectivity index (χ1n) is 7.62. The van der Waals surface area contributed by atoms with E-state index < -0.39 is 17.6 Å². The van der Waals surface area contributed by atoms with E-state index >= 15 is 0 Å². The second kappa shape index (κ2) is 8.42. The Labute approximate surface area is 171 Å². The number of anilines is 1. The first-order chi connectivity index (χ1) is 13.2. The number of carbonyl (C=O) groups excluding carboxylic acids is 1. The average molecular weight is 448 g/mol. The minimum absolute atomic E-state index is 0.0697. The zero-order valence-electron chi connectivity index (χ0n) is 13.8. The molecular formula is C17H10Cl2F3N3O2S. The van der Waals surface area contributed by atoms with Crippen molar-refractivity contribution in [2.45, 2.75) is 11.4 Å². The standard InChI is InChI=1S/C17H10Cl2F3N3O2S/c18-9-5-6-10(12(19)7-9)15-24-25-16(27-15)28-8-14(26)23-13-4-2-1-3-11(13)17(20,21)22/h1-7H,8H2,(H,23,26). The second-order valence-electron chi connectivity index (χ2n) is 5.38. The summed E-state index contributed by atoms with van der Waals surface area (Å²) in [5.74, 6) is -0.736. The van der Waals surface area contributed by atoms with Gasteiger partial charge < -0.3 is 9.73 Å². The maximum atomic E-state index is 13.0. The SMILES string of the molecule is O=C(CSc1nnc(-c2ccc(Cl)cc2Cl)o1)Nc1ccccc1C(F)(F)F. The van der Waals surface area contributed by atoms with Gasteiger partial charge in [-0.3, -0.25) is 4.79 Å². The monoisotopic (exact) mass is 447 g/mol. The first kappa shape index (κ1) is 20.5. The van der Waals surface area contributed by atoms with Crippen molar-refractivity contribution in [1.82, 2.24) is 10.2 Å². The van der Waals surface area contributed by atoms with E-state index in [9.17, 15) is 18.0 Å². The van der Waals surface area contributed by atoms with E-state index in [1.807, 2.05) is 0 Å². The first-order valence-corrected chi connectivity index (χ1v) is 9.36. The van der Waals surface area contributed by atoms with Gasteiger partial charge in [0, 0.05) is 5.02 Å². The molecule has 0 fully saturated rings. The Hall–Kier alpha value is -2.23. The predicted octanol–water partition coefficient (Wildman–Crippen LogP) is 5.79. The Morgan fingerprint density at radius 1 is 1.14 bits per heavy atom. The average Bonchev–Trinajstić information content (AvgIpc) is 3.08. The normalized spacial score (nSPS) is 11.5. The van der Waals surface area contributed by atoms with Crippen LogP contribution in [0.3, 0.4) is 0 Å². The fourth-order valence-corrected chi connectivity index (χ4v) is 3.25. The molecule has 0 aliphatic rings. The van der Waals surface area contributed by atoms with Gasteiger partial charge in [-0.1, -0.05) is 47.1 Å². The molecule has 0 unspecified atom stereocenters. The topological polar surface area (TPSA) is 68.0 Å². The third-order valence-electron chi connectivity index (χ3n) is 3.40.